The fourth-order valence-corrected chi connectivity index (χ4v) is 0.956. The molecule has 0 aromatic carbocycles. The third kappa shape index (κ3) is 0.998. The molecule has 0 saturated carbocycles. The molecule has 0 spiro atoms. The van der Waals surface area contributed by atoms with E-state index in [1.165, 1.54) is 0 Å². The van der Waals surface area contributed by atoms with Crippen molar-refractivity contribution in [2.75, 3.05) is 0 Å². The number of hydrogen-bond acceptors (Lipinski definition) is 4. The highest BCUT2D eigenvalue weighted by molar-refractivity contribution is 5.77. The molecule has 10 heavy (non-hydrogen) atoms. The number of ether oxygens (including phenoxy) is 1. The van der Waals surface area contributed by atoms with Crippen molar-refractivity contribution in [1.29, 1.82) is 0 Å². The minimum atomic E-state index is -1.34. The SMILES string of the molecule is CC[C@H]1OC(=O)[C@@H](O)C1O. The molecule has 0 aromatic rings. The van der Waals surface area contributed by atoms with Crippen LogP contribution < -0.4 is 0 Å². The number of carbonyl (C=O) groups is 1. The van der Waals surface area contributed by atoms with Crippen LogP contribution in [0.1, 0.15) is 13.3 Å². The van der Waals surface area contributed by atoms with Gasteiger partial charge in [0.05, 0.1) is 0 Å². The van der Waals surface area contributed by atoms with Gasteiger partial charge in [-0.25, -0.2) is 4.79 Å². The summed E-state index contributed by atoms with van der Waals surface area (Å²) in [5.41, 5.74) is 0. The third-order valence-electron chi connectivity index (χ3n) is 1.62. The summed E-state index contributed by atoms with van der Waals surface area (Å²) in [5, 5.41) is 17.9. The van der Waals surface area contributed by atoms with Crippen LogP contribution in [0, 0.1) is 0 Å². The second-order valence-corrected chi connectivity index (χ2v) is 2.32. The lowest BCUT2D eigenvalue weighted by molar-refractivity contribution is -0.147. The normalized spacial score (nSPS) is 39.9. The van der Waals surface area contributed by atoms with Gasteiger partial charge in [0.15, 0.2) is 6.10 Å². The lowest BCUT2D eigenvalue weighted by Crippen LogP contribution is -2.30. The van der Waals surface area contributed by atoms with Crippen LogP contribution in [-0.2, 0) is 9.53 Å². The Morgan fingerprint density at radius 2 is 2.20 bits per heavy atom. The average Bonchev–Trinajstić information content (AvgIpc) is 2.17. The maximum atomic E-state index is 10.5. The van der Waals surface area contributed by atoms with E-state index in [9.17, 15) is 4.79 Å². The minimum Gasteiger partial charge on any atom is -0.458 e. The van der Waals surface area contributed by atoms with Crippen molar-refractivity contribution < 1.29 is 19.7 Å². The molecule has 1 rings (SSSR count). The zero-order valence-electron chi connectivity index (χ0n) is 5.65. The smallest absolute Gasteiger partial charge is 0.338 e. The van der Waals surface area contributed by atoms with E-state index in [2.05, 4.69) is 4.74 Å². The van der Waals surface area contributed by atoms with E-state index in [0.717, 1.165) is 0 Å². The van der Waals surface area contributed by atoms with Crippen LogP contribution in [0.15, 0.2) is 0 Å². The summed E-state index contributed by atoms with van der Waals surface area (Å²) in [7, 11) is 0. The van der Waals surface area contributed by atoms with E-state index in [1.807, 2.05) is 0 Å². The van der Waals surface area contributed by atoms with Crippen molar-refractivity contribution >= 4 is 5.97 Å². The number of cyclic esters (lactones) is 1. The first-order valence-electron chi connectivity index (χ1n) is 3.23. The maximum Gasteiger partial charge on any atom is 0.338 e. The molecule has 0 amide bonds. The quantitative estimate of drug-likeness (QED) is 0.468. The van der Waals surface area contributed by atoms with Crippen LogP contribution in [0.4, 0.5) is 0 Å². The van der Waals surface area contributed by atoms with Gasteiger partial charge >= 0.3 is 5.97 Å². The monoisotopic (exact) mass is 146 g/mol. The molecule has 58 valence electrons. The Balaban J connectivity index is 2.61. The van der Waals surface area contributed by atoms with Crippen molar-refractivity contribution in [3.63, 3.8) is 0 Å². The molecular formula is C6H10O4. The second-order valence-electron chi connectivity index (χ2n) is 2.32. The molecule has 0 bridgehead atoms. The lowest BCUT2D eigenvalue weighted by atomic mass is 10.1. The number of aliphatic hydroxyl groups is 2. The minimum absolute atomic E-state index is 0.525. The fraction of sp³-hybridized carbons (Fsp3) is 0.833. The Kier molecular flexibility index (Phi) is 1.92. The number of esters is 1. The zero-order valence-corrected chi connectivity index (χ0v) is 5.65. The first kappa shape index (κ1) is 7.50. The Morgan fingerprint density at radius 1 is 1.60 bits per heavy atom. The Bertz CT molecular complexity index is 145. The second kappa shape index (κ2) is 2.56. The van der Waals surface area contributed by atoms with Gasteiger partial charge < -0.3 is 14.9 Å². The molecule has 0 aromatic heterocycles. The highest BCUT2D eigenvalue weighted by Gasteiger charge is 2.41. The van der Waals surface area contributed by atoms with E-state index in [1.54, 1.807) is 6.92 Å². The summed E-state index contributed by atoms with van der Waals surface area (Å²) in [6.07, 6.45) is -2.38. The van der Waals surface area contributed by atoms with E-state index in [4.69, 9.17) is 10.2 Å². The van der Waals surface area contributed by atoms with Crippen LogP contribution >= 0.6 is 0 Å². The first-order valence-corrected chi connectivity index (χ1v) is 3.23. The molecule has 0 radical (unpaired) electrons. The molecule has 1 saturated heterocycles. The lowest BCUT2D eigenvalue weighted by Gasteiger charge is -2.09. The van der Waals surface area contributed by atoms with Gasteiger partial charge in [0.2, 0.25) is 0 Å². The van der Waals surface area contributed by atoms with Crippen molar-refractivity contribution in [1.82, 2.24) is 0 Å². The molecule has 4 nitrogen and oxygen atoms in total. The van der Waals surface area contributed by atoms with E-state index in [-0.39, 0.29) is 0 Å². The van der Waals surface area contributed by atoms with E-state index in [0.29, 0.717) is 6.42 Å². The molecule has 0 aliphatic carbocycles. The van der Waals surface area contributed by atoms with Gasteiger partial charge in [-0.2, -0.15) is 0 Å². The predicted octanol–water partition coefficient (Wildman–Crippen LogP) is -0.956. The maximum absolute atomic E-state index is 10.5. The van der Waals surface area contributed by atoms with E-state index >= 15 is 0 Å². The highest BCUT2D eigenvalue weighted by Crippen LogP contribution is 2.17. The molecular weight excluding hydrogens is 136 g/mol. The summed E-state index contributed by atoms with van der Waals surface area (Å²) in [4.78, 5) is 10.5. The molecule has 1 unspecified atom stereocenters. The molecule has 3 atom stereocenters. The fourth-order valence-electron chi connectivity index (χ4n) is 0.956. The van der Waals surface area contributed by atoms with Gasteiger partial charge in [0.1, 0.15) is 12.2 Å². The standard InChI is InChI=1S/C6H10O4/c1-2-3-4(7)5(8)6(9)10-3/h3-5,7-8H,2H2,1H3/t3-,4?,5+/m1/s1. The van der Waals surface area contributed by atoms with Gasteiger partial charge in [-0.1, -0.05) is 6.92 Å². The van der Waals surface area contributed by atoms with Crippen LogP contribution in [0.2, 0.25) is 0 Å². The molecule has 1 fully saturated rings. The largest absolute Gasteiger partial charge is 0.458 e. The summed E-state index contributed by atoms with van der Waals surface area (Å²) < 4.78 is 4.60. The predicted molar refractivity (Wildman–Crippen MR) is 32.2 cm³/mol. The van der Waals surface area contributed by atoms with Gasteiger partial charge in [-0.3, -0.25) is 0 Å². The van der Waals surface area contributed by atoms with Crippen LogP contribution in [0.25, 0.3) is 0 Å². The number of hydrogen-bond donors (Lipinski definition) is 2. The summed E-state index contributed by atoms with van der Waals surface area (Å²) in [6, 6.07) is 0. The van der Waals surface area contributed by atoms with Crippen molar-refractivity contribution in [3.05, 3.63) is 0 Å². The molecule has 1 aliphatic rings. The van der Waals surface area contributed by atoms with Gasteiger partial charge in [-0.05, 0) is 6.42 Å². The van der Waals surface area contributed by atoms with Crippen molar-refractivity contribution in [3.8, 4) is 0 Å². The van der Waals surface area contributed by atoms with Crippen LogP contribution in [-0.4, -0.2) is 34.5 Å². The number of rotatable bonds is 1. The molecule has 1 aliphatic heterocycles. The van der Waals surface area contributed by atoms with Crippen LogP contribution in [0.5, 0.6) is 0 Å². The Hall–Kier alpha value is -0.610. The van der Waals surface area contributed by atoms with Crippen molar-refractivity contribution in [2.45, 2.75) is 31.7 Å². The Labute approximate surface area is 58.4 Å². The van der Waals surface area contributed by atoms with E-state index < -0.39 is 24.3 Å². The van der Waals surface area contributed by atoms with Gasteiger partial charge in [0, 0.05) is 0 Å². The zero-order chi connectivity index (χ0) is 7.72. The number of carbonyl (C=O) groups excluding carboxylic acids is 1. The van der Waals surface area contributed by atoms with Gasteiger partial charge in [0.25, 0.3) is 0 Å². The molecule has 4 heteroatoms. The molecule has 2 N–H and O–H groups in total. The molecule has 1 heterocycles. The summed E-state index contributed by atoms with van der Waals surface area (Å²) in [5.74, 6) is -0.723. The van der Waals surface area contributed by atoms with Crippen LogP contribution in [0.3, 0.4) is 0 Å². The highest BCUT2D eigenvalue weighted by atomic mass is 16.6. The van der Waals surface area contributed by atoms with Crippen molar-refractivity contribution in [2.24, 2.45) is 0 Å². The topological polar surface area (TPSA) is 66.8 Å². The van der Waals surface area contributed by atoms with Gasteiger partial charge in [-0.15, -0.1) is 0 Å². The first-order chi connectivity index (χ1) is 4.66. The summed E-state index contributed by atoms with van der Waals surface area (Å²) in [6.45, 7) is 1.78. The Morgan fingerprint density at radius 3 is 2.40 bits per heavy atom. The average molecular weight is 146 g/mol. The third-order valence-corrected chi connectivity index (χ3v) is 1.62. The summed E-state index contributed by atoms with van der Waals surface area (Å²) >= 11 is 0. The number of aliphatic hydroxyl groups excluding tert-OH is 2.